The molecule has 0 aromatic carbocycles. The van der Waals surface area contributed by atoms with Crippen molar-refractivity contribution in [3.63, 3.8) is 0 Å². The number of carbonyl (C=O) groups excluding carboxylic acids is 1. The lowest BCUT2D eigenvalue weighted by Crippen LogP contribution is -2.44. The second kappa shape index (κ2) is 6.74. The van der Waals surface area contributed by atoms with Gasteiger partial charge in [-0.1, -0.05) is 24.6 Å². The highest BCUT2D eigenvalue weighted by atomic mass is 35.5. The number of nitrogens with zero attached hydrogens (tertiary/aromatic N) is 1. The number of hydrogen-bond donors (Lipinski definition) is 1. The lowest BCUT2D eigenvalue weighted by molar-refractivity contribution is -0.141. The molecule has 2 heterocycles. The van der Waals surface area contributed by atoms with Crippen LogP contribution in [0.2, 0.25) is 4.34 Å². The summed E-state index contributed by atoms with van der Waals surface area (Å²) >= 11 is 7.50. The minimum absolute atomic E-state index is 0.231. The Morgan fingerprint density at radius 1 is 1.65 bits per heavy atom. The Balaban J connectivity index is 2.14. The van der Waals surface area contributed by atoms with Crippen molar-refractivity contribution in [2.45, 2.75) is 26.3 Å². The van der Waals surface area contributed by atoms with E-state index in [1.54, 1.807) is 6.08 Å². The van der Waals surface area contributed by atoms with Crippen LogP contribution in [0.5, 0.6) is 0 Å². The van der Waals surface area contributed by atoms with E-state index in [0.717, 1.165) is 35.1 Å². The molecule has 0 saturated carbocycles. The molecule has 3 nitrogen and oxygen atoms in total. The van der Waals surface area contributed by atoms with Crippen molar-refractivity contribution in [3.8, 4) is 0 Å². The van der Waals surface area contributed by atoms with Gasteiger partial charge in [0.25, 0.3) is 0 Å². The van der Waals surface area contributed by atoms with Crippen LogP contribution in [0.1, 0.15) is 24.6 Å². The topological polar surface area (TPSA) is 32.3 Å². The number of amides is 1. The zero-order chi connectivity index (χ0) is 14.6. The van der Waals surface area contributed by atoms with E-state index in [1.165, 1.54) is 11.3 Å². The van der Waals surface area contributed by atoms with E-state index < -0.39 is 0 Å². The average molecular weight is 313 g/mol. The van der Waals surface area contributed by atoms with Gasteiger partial charge in [-0.05, 0) is 31.5 Å². The first kappa shape index (κ1) is 15.5. The van der Waals surface area contributed by atoms with Crippen molar-refractivity contribution in [1.29, 1.82) is 0 Å². The average Bonchev–Trinajstić information content (AvgIpc) is 3.07. The van der Waals surface area contributed by atoms with Crippen LogP contribution in [0.3, 0.4) is 0 Å². The fraction of sp³-hybridized carbons (Fsp3) is 0.533. The summed E-state index contributed by atoms with van der Waals surface area (Å²) in [6.07, 6.45) is 3.58. The Kier molecular flexibility index (Phi) is 5.24. The van der Waals surface area contributed by atoms with E-state index in [1.807, 2.05) is 17.0 Å². The lowest BCUT2D eigenvalue weighted by Gasteiger charge is -2.32. The first-order chi connectivity index (χ1) is 9.61. The monoisotopic (exact) mass is 312 g/mol. The molecule has 1 saturated heterocycles. The third-order valence-electron chi connectivity index (χ3n) is 3.99. The van der Waals surface area contributed by atoms with Crippen molar-refractivity contribution in [1.82, 2.24) is 10.2 Å². The third kappa shape index (κ3) is 3.25. The summed E-state index contributed by atoms with van der Waals surface area (Å²) in [5.74, 6) is 0.231. The first-order valence-electron chi connectivity index (χ1n) is 6.96. The van der Waals surface area contributed by atoms with Gasteiger partial charge in [0.2, 0.25) is 5.91 Å². The van der Waals surface area contributed by atoms with Crippen molar-refractivity contribution in [2.75, 3.05) is 19.6 Å². The molecule has 1 amide bonds. The van der Waals surface area contributed by atoms with Gasteiger partial charge in [-0.25, -0.2) is 0 Å². The molecule has 1 fully saturated rings. The number of halogens is 1. The SMILES string of the molecule is C=CCN(Cc1ccc(Cl)s1)C(=O)C1(CC)CCNC1. The van der Waals surface area contributed by atoms with Crippen LogP contribution in [0.4, 0.5) is 0 Å². The van der Waals surface area contributed by atoms with E-state index in [4.69, 9.17) is 11.6 Å². The molecule has 2 rings (SSSR count). The number of thiophene rings is 1. The zero-order valence-electron chi connectivity index (χ0n) is 11.8. The van der Waals surface area contributed by atoms with Crippen LogP contribution in [0.25, 0.3) is 0 Å². The summed E-state index contributed by atoms with van der Waals surface area (Å²) in [6, 6.07) is 3.87. The highest BCUT2D eigenvalue weighted by Gasteiger charge is 2.41. The molecule has 1 unspecified atom stereocenters. The maximum Gasteiger partial charge on any atom is 0.230 e. The minimum atomic E-state index is -0.246. The Labute approximate surface area is 129 Å². The fourth-order valence-electron chi connectivity index (χ4n) is 2.71. The minimum Gasteiger partial charge on any atom is -0.333 e. The van der Waals surface area contributed by atoms with E-state index >= 15 is 0 Å². The zero-order valence-corrected chi connectivity index (χ0v) is 13.4. The second-order valence-electron chi connectivity index (χ2n) is 5.24. The summed E-state index contributed by atoms with van der Waals surface area (Å²) < 4.78 is 0.763. The Morgan fingerprint density at radius 2 is 2.45 bits per heavy atom. The molecule has 0 spiro atoms. The molecular weight excluding hydrogens is 292 g/mol. The van der Waals surface area contributed by atoms with Crippen molar-refractivity contribution >= 4 is 28.8 Å². The number of hydrogen-bond acceptors (Lipinski definition) is 3. The fourth-order valence-corrected chi connectivity index (χ4v) is 3.82. The highest BCUT2D eigenvalue weighted by Crippen LogP contribution is 2.33. The largest absolute Gasteiger partial charge is 0.333 e. The number of nitrogens with one attached hydrogen (secondary N) is 1. The molecule has 110 valence electrons. The summed E-state index contributed by atoms with van der Waals surface area (Å²) in [4.78, 5) is 15.9. The molecule has 1 aliphatic heterocycles. The van der Waals surface area contributed by atoms with Gasteiger partial charge in [0.15, 0.2) is 0 Å². The molecule has 5 heteroatoms. The van der Waals surface area contributed by atoms with Crippen LogP contribution >= 0.6 is 22.9 Å². The summed E-state index contributed by atoms with van der Waals surface area (Å²) in [5.41, 5.74) is -0.246. The van der Waals surface area contributed by atoms with E-state index in [9.17, 15) is 4.79 Å². The number of rotatable bonds is 6. The maximum atomic E-state index is 12.9. The van der Waals surface area contributed by atoms with E-state index in [-0.39, 0.29) is 11.3 Å². The normalized spacial score (nSPS) is 21.9. The van der Waals surface area contributed by atoms with Gasteiger partial charge in [0, 0.05) is 18.0 Å². The van der Waals surface area contributed by atoms with Crippen molar-refractivity contribution < 1.29 is 4.79 Å². The van der Waals surface area contributed by atoms with Crippen molar-refractivity contribution in [3.05, 3.63) is 34.0 Å². The van der Waals surface area contributed by atoms with Gasteiger partial charge in [-0.15, -0.1) is 17.9 Å². The molecule has 1 atom stereocenters. The van der Waals surface area contributed by atoms with Crippen LogP contribution in [-0.4, -0.2) is 30.4 Å². The predicted molar refractivity (Wildman–Crippen MR) is 85.2 cm³/mol. The van der Waals surface area contributed by atoms with Crippen LogP contribution in [0.15, 0.2) is 24.8 Å². The highest BCUT2D eigenvalue weighted by molar-refractivity contribution is 7.16. The van der Waals surface area contributed by atoms with Gasteiger partial charge in [0.05, 0.1) is 16.3 Å². The molecule has 1 aliphatic rings. The van der Waals surface area contributed by atoms with Gasteiger partial charge in [0.1, 0.15) is 0 Å². The van der Waals surface area contributed by atoms with Crippen molar-refractivity contribution in [2.24, 2.45) is 5.41 Å². The standard InChI is InChI=1S/C15H21ClN2OS/c1-3-9-18(10-12-5-6-13(16)20-12)14(19)15(4-2)7-8-17-11-15/h3,5-6,17H,1,4,7-11H2,2H3. The van der Waals surface area contributed by atoms with Crippen LogP contribution < -0.4 is 5.32 Å². The quantitative estimate of drug-likeness (QED) is 0.817. The Morgan fingerprint density at radius 3 is 2.95 bits per heavy atom. The third-order valence-corrected chi connectivity index (χ3v) is 5.20. The Hall–Kier alpha value is -0.840. The molecule has 1 aromatic rings. The van der Waals surface area contributed by atoms with E-state index in [2.05, 4.69) is 18.8 Å². The molecule has 1 aromatic heterocycles. The second-order valence-corrected chi connectivity index (χ2v) is 7.04. The molecule has 0 aliphatic carbocycles. The van der Waals surface area contributed by atoms with Crippen LogP contribution in [0, 0.1) is 5.41 Å². The summed E-state index contributed by atoms with van der Waals surface area (Å²) in [7, 11) is 0. The molecule has 20 heavy (non-hydrogen) atoms. The van der Waals surface area contributed by atoms with Gasteiger partial charge in [-0.3, -0.25) is 4.79 Å². The van der Waals surface area contributed by atoms with Gasteiger partial charge < -0.3 is 10.2 Å². The Bertz CT molecular complexity index is 480. The maximum absolute atomic E-state index is 12.9. The number of carbonyl (C=O) groups is 1. The molecular formula is C15H21ClN2OS. The molecule has 1 N–H and O–H groups in total. The van der Waals surface area contributed by atoms with Gasteiger partial charge in [-0.2, -0.15) is 0 Å². The molecule has 0 bridgehead atoms. The van der Waals surface area contributed by atoms with E-state index in [0.29, 0.717) is 13.1 Å². The smallest absolute Gasteiger partial charge is 0.230 e. The first-order valence-corrected chi connectivity index (χ1v) is 8.16. The van der Waals surface area contributed by atoms with Crippen LogP contribution in [-0.2, 0) is 11.3 Å². The summed E-state index contributed by atoms with van der Waals surface area (Å²) in [5, 5.41) is 3.32. The molecule has 0 radical (unpaired) electrons. The summed E-state index contributed by atoms with van der Waals surface area (Å²) in [6.45, 7) is 8.77. The lowest BCUT2D eigenvalue weighted by atomic mass is 9.82. The van der Waals surface area contributed by atoms with Gasteiger partial charge >= 0.3 is 0 Å². The predicted octanol–water partition coefficient (Wildman–Crippen LogP) is 3.31.